The molecule has 7 nitrogen and oxygen atoms in total. The Bertz CT molecular complexity index is 706. The van der Waals surface area contributed by atoms with Gasteiger partial charge in [-0.15, -0.1) is 0 Å². The van der Waals surface area contributed by atoms with Crippen molar-refractivity contribution in [2.75, 3.05) is 44.2 Å². The van der Waals surface area contributed by atoms with Crippen LogP contribution in [0.2, 0.25) is 0 Å². The van der Waals surface area contributed by atoms with Crippen molar-refractivity contribution < 1.29 is 23.8 Å². The van der Waals surface area contributed by atoms with E-state index in [0.717, 1.165) is 13.1 Å². The van der Waals surface area contributed by atoms with E-state index >= 15 is 0 Å². The first-order chi connectivity index (χ1) is 12.9. The summed E-state index contributed by atoms with van der Waals surface area (Å²) < 4.78 is 20.0. The molecule has 148 valence electrons. The average Bonchev–Trinajstić information content (AvgIpc) is 2.89. The molecular weight excluding hydrogens is 353 g/mol. The normalized spacial score (nSPS) is 26.1. The van der Waals surface area contributed by atoms with Gasteiger partial charge in [0.25, 0.3) is 0 Å². The molecule has 2 heterocycles. The number of piperazine rings is 1. The fraction of sp³-hybridized carbons (Fsp3) is 0.579. The summed E-state index contributed by atoms with van der Waals surface area (Å²) in [5.41, 5.74) is 1.07. The SMILES string of the molecule is CC(=O)N[C@@H]1OC(=O)C(c2ccc(N3CCN(CCO)CC3)c(F)c2)C1C. The van der Waals surface area contributed by atoms with Gasteiger partial charge in [0.15, 0.2) is 6.23 Å². The molecule has 1 amide bonds. The van der Waals surface area contributed by atoms with E-state index in [1.54, 1.807) is 12.1 Å². The number of hydrogen-bond donors (Lipinski definition) is 2. The predicted octanol–water partition coefficient (Wildman–Crippen LogP) is 0.679. The maximum Gasteiger partial charge on any atom is 0.315 e. The lowest BCUT2D eigenvalue weighted by molar-refractivity contribution is -0.144. The summed E-state index contributed by atoms with van der Waals surface area (Å²) in [6.45, 7) is 6.83. The predicted molar refractivity (Wildman–Crippen MR) is 97.7 cm³/mol. The number of aliphatic hydroxyl groups is 1. The second kappa shape index (κ2) is 8.22. The van der Waals surface area contributed by atoms with Crippen molar-refractivity contribution in [2.24, 2.45) is 5.92 Å². The second-order valence-corrected chi connectivity index (χ2v) is 7.16. The second-order valence-electron chi connectivity index (χ2n) is 7.16. The summed E-state index contributed by atoms with van der Waals surface area (Å²) in [7, 11) is 0. The van der Waals surface area contributed by atoms with Gasteiger partial charge in [-0.25, -0.2) is 4.39 Å². The molecular formula is C19H26FN3O4. The molecule has 2 fully saturated rings. The van der Waals surface area contributed by atoms with Gasteiger partial charge in [0.1, 0.15) is 5.82 Å². The number of β-amino-alcohol motifs (C(OH)–C–C–N with tert-alkyl or cyclic N) is 1. The van der Waals surface area contributed by atoms with Crippen LogP contribution in [-0.2, 0) is 14.3 Å². The number of halogens is 1. The number of nitrogens with zero attached hydrogens (tertiary/aromatic N) is 2. The molecule has 8 heteroatoms. The monoisotopic (exact) mass is 379 g/mol. The van der Waals surface area contributed by atoms with E-state index in [-0.39, 0.29) is 24.2 Å². The molecule has 3 atom stereocenters. The number of aliphatic hydroxyl groups excluding tert-OH is 1. The first-order valence-corrected chi connectivity index (χ1v) is 9.26. The number of rotatable bonds is 5. The van der Waals surface area contributed by atoms with E-state index in [1.165, 1.54) is 13.0 Å². The third-order valence-electron chi connectivity index (χ3n) is 5.31. The lowest BCUT2D eigenvalue weighted by Gasteiger charge is -2.36. The van der Waals surface area contributed by atoms with Gasteiger partial charge in [0.2, 0.25) is 5.91 Å². The van der Waals surface area contributed by atoms with E-state index in [0.29, 0.717) is 30.9 Å². The molecule has 2 unspecified atom stereocenters. The van der Waals surface area contributed by atoms with E-state index in [1.807, 2.05) is 11.8 Å². The lowest BCUT2D eigenvalue weighted by atomic mass is 9.88. The summed E-state index contributed by atoms with van der Waals surface area (Å²) in [5, 5.41) is 11.6. The Morgan fingerprint density at radius 2 is 2.04 bits per heavy atom. The van der Waals surface area contributed by atoms with Crippen LogP contribution < -0.4 is 10.2 Å². The summed E-state index contributed by atoms with van der Waals surface area (Å²) >= 11 is 0. The molecule has 1 aromatic rings. The fourth-order valence-electron chi connectivity index (χ4n) is 3.82. The number of hydrogen-bond acceptors (Lipinski definition) is 6. The van der Waals surface area contributed by atoms with Crippen molar-refractivity contribution in [2.45, 2.75) is 26.0 Å². The van der Waals surface area contributed by atoms with Crippen LogP contribution in [0.1, 0.15) is 25.3 Å². The minimum Gasteiger partial charge on any atom is -0.441 e. The molecule has 2 N–H and O–H groups in total. The van der Waals surface area contributed by atoms with E-state index in [4.69, 9.17) is 9.84 Å². The maximum atomic E-state index is 14.8. The number of benzene rings is 1. The van der Waals surface area contributed by atoms with Gasteiger partial charge in [-0.3, -0.25) is 14.5 Å². The Hall–Kier alpha value is -2.19. The Morgan fingerprint density at radius 3 is 2.63 bits per heavy atom. The molecule has 27 heavy (non-hydrogen) atoms. The number of cyclic esters (lactones) is 1. The van der Waals surface area contributed by atoms with Crippen molar-refractivity contribution in [1.82, 2.24) is 10.2 Å². The van der Waals surface area contributed by atoms with Gasteiger partial charge in [0.05, 0.1) is 18.2 Å². The Morgan fingerprint density at radius 1 is 1.33 bits per heavy atom. The van der Waals surface area contributed by atoms with Crippen LogP contribution in [-0.4, -0.2) is 67.4 Å². The standard InChI is InChI=1S/C19H26FN3O4/c1-12-17(19(26)27-18(12)21-13(2)25)14-3-4-16(15(20)11-14)23-7-5-22(6-8-23)9-10-24/h3-4,11-12,17-18,24H,5-10H2,1-2H3,(H,21,25)/t12?,17?,18-/m1/s1. The molecule has 2 aliphatic rings. The smallest absolute Gasteiger partial charge is 0.315 e. The van der Waals surface area contributed by atoms with Gasteiger partial charge in [-0.05, 0) is 17.7 Å². The van der Waals surface area contributed by atoms with Crippen molar-refractivity contribution in [3.63, 3.8) is 0 Å². The summed E-state index contributed by atoms with van der Waals surface area (Å²) in [5.74, 6) is -1.99. The van der Waals surface area contributed by atoms with Gasteiger partial charge in [-0.1, -0.05) is 13.0 Å². The van der Waals surface area contributed by atoms with E-state index in [2.05, 4.69) is 10.2 Å². The lowest BCUT2D eigenvalue weighted by Crippen LogP contribution is -2.47. The number of esters is 1. The van der Waals surface area contributed by atoms with Gasteiger partial charge >= 0.3 is 5.97 Å². The molecule has 2 aliphatic heterocycles. The first kappa shape index (κ1) is 19.6. The fourth-order valence-corrected chi connectivity index (χ4v) is 3.82. The number of nitrogens with one attached hydrogen (secondary N) is 1. The zero-order chi connectivity index (χ0) is 19.6. The molecule has 0 aromatic heterocycles. The van der Waals surface area contributed by atoms with Gasteiger partial charge in [-0.2, -0.15) is 0 Å². The highest BCUT2D eigenvalue weighted by Crippen LogP contribution is 2.37. The Kier molecular flexibility index (Phi) is 5.96. The molecule has 2 saturated heterocycles. The third kappa shape index (κ3) is 4.22. The summed E-state index contributed by atoms with van der Waals surface area (Å²) in [4.78, 5) is 27.6. The molecule has 0 saturated carbocycles. The zero-order valence-corrected chi connectivity index (χ0v) is 15.7. The van der Waals surface area contributed by atoms with Crippen LogP contribution in [0.3, 0.4) is 0 Å². The minimum absolute atomic E-state index is 0.123. The zero-order valence-electron chi connectivity index (χ0n) is 15.7. The molecule has 0 aliphatic carbocycles. The number of carbonyl (C=O) groups is 2. The number of anilines is 1. The highest BCUT2D eigenvalue weighted by Gasteiger charge is 2.43. The number of amides is 1. The van der Waals surface area contributed by atoms with Crippen molar-refractivity contribution >= 4 is 17.6 Å². The first-order valence-electron chi connectivity index (χ1n) is 9.26. The highest BCUT2D eigenvalue weighted by atomic mass is 19.1. The Balaban J connectivity index is 1.72. The molecule has 0 radical (unpaired) electrons. The summed E-state index contributed by atoms with van der Waals surface area (Å²) in [6, 6.07) is 4.86. The van der Waals surface area contributed by atoms with Crippen LogP contribution in [0.5, 0.6) is 0 Å². The van der Waals surface area contributed by atoms with Crippen molar-refractivity contribution in [3.05, 3.63) is 29.6 Å². The molecule has 1 aromatic carbocycles. The van der Waals surface area contributed by atoms with Crippen LogP contribution in [0.15, 0.2) is 18.2 Å². The van der Waals surface area contributed by atoms with Gasteiger partial charge < -0.3 is 20.1 Å². The largest absolute Gasteiger partial charge is 0.441 e. The average molecular weight is 379 g/mol. The van der Waals surface area contributed by atoms with Crippen LogP contribution in [0, 0.1) is 11.7 Å². The van der Waals surface area contributed by atoms with E-state index in [9.17, 15) is 14.0 Å². The van der Waals surface area contributed by atoms with E-state index < -0.39 is 18.1 Å². The minimum atomic E-state index is -0.692. The van der Waals surface area contributed by atoms with Crippen LogP contribution in [0.25, 0.3) is 0 Å². The quantitative estimate of drug-likeness (QED) is 0.733. The highest BCUT2D eigenvalue weighted by molar-refractivity contribution is 5.82. The van der Waals surface area contributed by atoms with Crippen molar-refractivity contribution in [1.29, 1.82) is 0 Å². The third-order valence-corrected chi connectivity index (χ3v) is 5.31. The van der Waals surface area contributed by atoms with Crippen LogP contribution in [0.4, 0.5) is 10.1 Å². The maximum absolute atomic E-state index is 14.8. The van der Waals surface area contributed by atoms with Gasteiger partial charge in [0, 0.05) is 45.6 Å². The topological polar surface area (TPSA) is 82.1 Å². The number of carbonyl (C=O) groups excluding carboxylic acids is 2. The summed E-state index contributed by atoms with van der Waals surface area (Å²) in [6.07, 6.45) is -0.692. The molecule has 0 spiro atoms. The number of ether oxygens (including phenoxy) is 1. The molecule has 0 bridgehead atoms. The molecule has 3 rings (SSSR count). The Labute approximate surface area is 158 Å². The van der Waals surface area contributed by atoms with Crippen LogP contribution >= 0.6 is 0 Å². The van der Waals surface area contributed by atoms with Crippen molar-refractivity contribution in [3.8, 4) is 0 Å².